The van der Waals surface area contributed by atoms with Crippen molar-refractivity contribution in [3.8, 4) is 0 Å². The van der Waals surface area contributed by atoms with E-state index >= 15 is 0 Å². The Balaban J connectivity index is 1.89. The first-order chi connectivity index (χ1) is 15.1. The number of benzene rings is 1. The predicted molar refractivity (Wildman–Crippen MR) is 119 cm³/mol. The minimum Gasteiger partial charge on any atom is -0.298 e. The Morgan fingerprint density at radius 3 is 2.53 bits per heavy atom. The van der Waals surface area contributed by atoms with Gasteiger partial charge >= 0.3 is 6.18 Å². The molecule has 32 heavy (non-hydrogen) atoms. The van der Waals surface area contributed by atoms with Crippen molar-refractivity contribution in [2.75, 3.05) is 13.2 Å². The average molecular weight is 481 g/mol. The molecule has 0 spiro atoms. The van der Waals surface area contributed by atoms with Crippen LogP contribution in [-0.4, -0.2) is 23.3 Å². The van der Waals surface area contributed by atoms with E-state index < -0.39 is 17.4 Å². The summed E-state index contributed by atoms with van der Waals surface area (Å²) in [6.45, 7) is 8.98. The molecule has 2 aromatic heterocycles. The van der Waals surface area contributed by atoms with Gasteiger partial charge in [-0.1, -0.05) is 17.8 Å². The Hall–Kier alpha value is -1.98. The van der Waals surface area contributed by atoms with Crippen LogP contribution >= 0.6 is 23.1 Å². The normalized spacial score (nSPS) is 19.3. The van der Waals surface area contributed by atoms with Crippen LogP contribution in [0.15, 0.2) is 40.3 Å². The summed E-state index contributed by atoms with van der Waals surface area (Å²) in [6.07, 6.45) is -4.42. The Bertz CT molecular complexity index is 1140. The number of halogens is 3. The molecular formula is C22H23F3N4OS2. The summed E-state index contributed by atoms with van der Waals surface area (Å²) in [4.78, 5) is 8.40. The molecule has 0 amide bonds. The van der Waals surface area contributed by atoms with Crippen molar-refractivity contribution in [2.45, 2.75) is 49.5 Å². The molecule has 3 heterocycles. The van der Waals surface area contributed by atoms with Crippen LogP contribution < -0.4 is 10.8 Å². The van der Waals surface area contributed by atoms with E-state index in [2.05, 4.69) is 27.1 Å². The quantitative estimate of drug-likeness (QED) is 0.531. The fourth-order valence-electron chi connectivity index (χ4n) is 3.86. The van der Waals surface area contributed by atoms with E-state index in [0.29, 0.717) is 23.1 Å². The second-order valence-corrected chi connectivity index (χ2v) is 10.2. The molecule has 1 fully saturated rings. The Morgan fingerprint density at radius 1 is 1.12 bits per heavy atom. The zero-order chi connectivity index (χ0) is 23.1. The van der Waals surface area contributed by atoms with E-state index in [9.17, 15) is 13.2 Å². The molecular weight excluding hydrogens is 457 g/mol. The number of aromatic nitrogens is 2. The van der Waals surface area contributed by atoms with Gasteiger partial charge in [-0.2, -0.15) is 23.8 Å². The first-order valence-corrected chi connectivity index (χ1v) is 11.7. The number of hydrogen-bond donors (Lipinski definition) is 2. The van der Waals surface area contributed by atoms with Crippen LogP contribution in [-0.2, 0) is 16.7 Å². The molecule has 2 N–H and O–H groups in total. The summed E-state index contributed by atoms with van der Waals surface area (Å²) in [5.74, 6) is 0. The second kappa shape index (κ2) is 8.75. The van der Waals surface area contributed by atoms with Gasteiger partial charge in [-0.15, -0.1) is 16.4 Å². The van der Waals surface area contributed by atoms with Gasteiger partial charge in [-0.05, 0) is 57.5 Å². The van der Waals surface area contributed by atoms with Gasteiger partial charge in [0.15, 0.2) is 0 Å². The highest BCUT2D eigenvalue weighted by Gasteiger charge is 2.43. The first-order valence-electron chi connectivity index (χ1n) is 10.0. The van der Waals surface area contributed by atoms with Crippen molar-refractivity contribution >= 4 is 23.1 Å². The molecule has 1 aliphatic heterocycles. The van der Waals surface area contributed by atoms with Crippen LogP contribution in [0.4, 0.5) is 13.2 Å². The number of alkyl halides is 3. The summed E-state index contributed by atoms with van der Waals surface area (Å²) in [5, 5.41) is 12.7. The Labute approximate surface area is 192 Å². The number of hydroxylamine groups is 1. The van der Waals surface area contributed by atoms with Crippen LogP contribution in [0.5, 0.6) is 0 Å². The summed E-state index contributed by atoms with van der Waals surface area (Å²) >= 11 is 2.84. The lowest BCUT2D eigenvalue weighted by atomic mass is 9.89. The Morgan fingerprint density at radius 2 is 1.91 bits per heavy atom. The standard InChI is InChI=1S/C22H23F3N4OS2/c1-12-10-18(15(4)31-12)21(26-8-9-30-29-21)19-13(2)14(3)27-28-20(19)32-17-7-5-6-16(11-17)22(23,24)25/h5-7,10-11,26,29H,8-9H2,1-4H3/t21-/m0/s1. The average Bonchev–Trinajstić information content (AvgIpc) is 3.09. The zero-order valence-electron chi connectivity index (χ0n) is 18.1. The molecule has 5 nitrogen and oxygen atoms in total. The summed E-state index contributed by atoms with van der Waals surface area (Å²) in [5.41, 5.74) is 5.02. The number of nitrogens with one attached hydrogen (secondary N) is 2. The molecule has 3 aromatic rings. The van der Waals surface area contributed by atoms with Crippen LogP contribution in [0, 0.1) is 27.7 Å². The molecule has 4 rings (SSSR count). The van der Waals surface area contributed by atoms with Gasteiger partial charge in [0.05, 0.1) is 17.9 Å². The molecule has 0 unspecified atom stereocenters. The van der Waals surface area contributed by atoms with E-state index in [4.69, 9.17) is 4.84 Å². The molecule has 0 aliphatic carbocycles. The van der Waals surface area contributed by atoms with Crippen LogP contribution in [0.2, 0.25) is 0 Å². The lowest BCUT2D eigenvalue weighted by Crippen LogP contribution is -2.60. The van der Waals surface area contributed by atoms with Crippen LogP contribution in [0.25, 0.3) is 0 Å². The maximum Gasteiger partial charge on any atom is 0.416 e. The lowest BCUT2D eigenvalue weighted by Gasteiger charge is -2.41. The van der Waals surface area contributed by atoms with E-state index in [1.54, 1.807) is 17.4 Å². The van der Waals surface area contributed by atoms with Gasteiger partial charge in [-0.3, -0.25) is 10.2 Å². The van der Waals surface area contributed by atoms with Crippen molar-refractivity contribution < 1.29 is 18.0 Å². The number of thiophene rings is 1. The molecule has 0 bridgehead atoms. The number of rotatable bonds is 4. The second-order valence-electron chi connectivity index (χ2n) is 7.67. The zero-order valence-corrected chi connectivity index (χ0v) is 19.7. The third-order valence-corrected chi connectivity index (χ3v) is 7.37. The predicted octanol–water partition coefficient (Wildman–Crippen LogP) is 5.27. The van der Waals surface area contributed by atoms with Crippen molar-refractivity contribution in [1.82, 2.24) is 21.0 Å². The molecule has 1 aromatic carbocycles. The summed E-state index contributed by atoms with van der Waals surface area (Å²) < 4.78 is 39.8. The number of hydrogen-bond acceptors (Lipinski definition) is 7. The monoisotopic (exact) mass is 480 g/mol. The lowest BCUT2D eigenvalue weighted by molar-refractivity contribution is -0.137. The van der Waals surface area contributed by atoms with Crippen molar-refractivity contribution in [3.05, 3.63) is 68.0 Å². The van der Waals surface area contributed by atoms with Crippen LogP contribution in [0.3, 0.4) is 0 Å². The fourth-order valence-corrected chi connectivity index (χ4v) is 5.89. The number of nitrogens with zero attached hydrogens (tertiary/aromatic N) is 2. The maximum absolute atomic E-state index is 13.3. The van der Waals surface area contributed by atoms with Gasteiger partial charge < -0.3 is 0 Å². The van der Waals surface area contributed by atoms with Crippen molar-refractivity contribution in [1.29, 1.82) is 0 Å². The van der Waals surface area contributed by atoms with E-state index in [1.807, 2.05) is 27.7 Å². The highest BCUT2D eigenvalue weighted by atomic mass is 32.2. The summed E-state index contributed by atoms with van der Waals surface area (Å²) in [6, 6.07) is 7.35. The highest BCUT2D eigenvalue weighted by Crippen LogP contribution is 2.43. The minimum absolute atomic E-state index is 0.434. The molecule has 1 atom stereocenters. The third kappa shape index (κ3) is 4.29. The molecule has 0 saturated carbocycles. The molecule has 170 valence electrons. The minimum atomic E-state index is -4.42. The maximum atomic E-state index is 13.3. The Kier molecular flexibility index (Phi) is 6.34. The van der Waals surface area contributed by atoms with E-state index in [-0.39, 0.29) is 0 Å². The van der Waals surface area contributed by atoms with Gasteiger partial charge in [-0.25, -0.2) is 0 Å². The van der Waals surface area contributed by atoms with Crippen molar-refractivity contribution in [3.63, 3.8) is 0 Å². The van der Waals surface area contributed by atoms with Gasteiger partial charge in [0.25, 0.3) is 0 Å². The fraction of sp³-hybridized carbons (Fsp3) is 0.364. The molecule has 10 heteroatoms. The smallest absolute Gasteiger partial charge is 0.298 e. The molecule has 1 aliphatic rings. The van der Waals surface area contributed by atoms with E-state index in [1.165, 1.54) is 6.07 Å². The summed E-state index contributed by atoms with van der Waals surface area (Å²) in [7, 11) is 0. The van der Waals surface area contributed by atoms with Gasteiger partial charge in [0.1, 0.15) is 10.7 Å². The highest BCUT2D eigenvalue weighted by molar-refractivity contribution is 7.99. The van der Waals surface area contributed by atoms with E-state index in [0.717, 1.165) is 56.0 Å². The third-order valence-electron chi connectivity index (χ3n) is 5.44. The SMILES string of the molecule is Cc1cc([C@]2(c3c(Sc4cccc(C(F)(F)F)c4)nnc(C)c3C)NCCON2)c(C)s1. The largest absolute Gasteiger partial charge is 0.416 e. The first kappa shape index (κ1) is 23.2. The van der Waals surface area contributed by atoms with Gasteiger partial charge in [0.2, 0.25) is 0 Å². The van der Waals surface area contributed by atoms with Crippen molar-refractivity contribution in [2.24, 2.45) is 0 Å². The van der Waals surface area contributed by atoms with Gasteiger partial charge in [0, 0.05) is 32.3 Å². The molecule has 1 saturated heterocycles. The topological polar surface area (TPSA) is 59.1 Å². The van der Waals surface area contributed by atoms with Crippen LogP contribution in [0.1, 0.15) is 37.7 Å². The molecule has 0 radical (unpaired) electrons. The number of aryl methyl sites for hydroxylation is 3.